The van der Waals surface area contributed by atoms with Crippen LogP contribution in [0, 0.1) is 13.8 Å². The van der Waals surface area contributed by atoms with Crippen LogP contribution in [0.4, 0.5) is 22.9 Å². The summed E-state index contributed by atoms with van der Waals surface area (Å²) in [5.41, 5.74) is 9.61. The predicted molar refractivity (Wildman–Crippen MR) is 169 cm³/mol. The molecule has 4 aromatic carbocycles. The quantitative estimate of drug-likeness (QED) is 0.251. The van der Waals surface area contributed by atoms with Crippen molar-refractivity contribution in [1.82, 2.24) is 9.78 Å². The highest BCUT2D eigenvalue weighted by molar-refractivity contribution is 6.52. The molecule has 0 spiro atoms. The molecule has 0 saturated carbocycles. The zero-order valence-corrected chi connectivity index (χ0v) is 23.7. The third-order valence-corrected chi connectivity index (χ3v) is 7.95. The Bertz CT molecular complexity index is 1810. The molecule has 0 saturated heterocycles. The van der Waals surface area contributed by atoms with Crippen LogP contribution in [-0.4, -0.2) is 21.5 Å². The second kappa shape index (κ2) is 9.89. The minimum atomic E-state index is -0.138. The van der Waals surface area contributed by atoms with Crippen molar-refractivity contribution in [2.45, 2.75) is 39.7 Å². The molecular formula is C35H32N6. The SMILES string of the molecule is Cc1ccccc1N=C1Nc2ccccc2N2C1=Nc1c(c(C)nn1-c1ccccc1)[C@H]2c1ccc(C(C)C)cc1. The fraction of sp³-hybridized carbons (Fsp3) is 0.171. The number of aliphatic imine (C=N–C) groups is 2. The second-order valence-electron chi connectivity index (χ2n) is 11.0. The van der Waals surface area contributed by atoms with Crippen molar-refractivity contribution in [3.8, 4) is 5.69 Å². The molecular weight excluding hydrogens is 504 g/mol. The molecule has 7 rings (SSSR count). The maximum atomic E-state index is 5.34. The predicted octanol–water partition coefficient (Wildman–Crippen LogP) is 8.41. The molecule has 41 heavy (non-hydrogen) atoms. The summed E-state index contributed by atoms with van der Waals surface area (Å²) < 4.78 is 1.97. The van der Waals surface area contributed by atoms with Crippen LogP contribution >= 0.6 is 0 Å². The Morgan fingerprint density at radius 2 is 1.51 bits per heavy atom. The van der Waals surface area contributed by atoms with Crippen LogP contribution in [0.15, 0.2) is 113 Å². The van der Waals surface area contributed by atoms with Gasteiger partial charge in [-0.15, -0.1) is 0 Å². The molecule has 1 N–H and O–H groups in total. The first-order valence-electron chi connectivity index (χ1n) is 14.1. The molecule has 5 aromatic rings. The number of aryl methyl sites for hydroxylation is 2. The average molecular weight is 537 g/mol. The average Bonchev–Trinajstić information content (AvgIpc) is 3.33. The number of aromatic nitrogens is 2. The number of nitrogens with zero attached hydrogens (tertiary/aromatic N) is 5. The van der Waals surface area contributed by atoms with E-state index >= 15 is 0 Å². The summed E-state index contributed by atoms with van der Waals surface area (Å²) in [5, 5.41) is 8.66. The first kappa shape index (κ1) is 25.0. The van der Waals surface area contributed by atoms with Gasteiger partial charge >= 0.3 is 0 Å². The molecule has 0 radical (unpaired) electrons. The summed E-state index contributed by atoms with van der Waals surface area (Å²) in [6.45, 7) is 8.63. The zero-order chi connectivity index (χ0) is 28.1. The molecule has 1 atom stereocenters. The first-order valence-corrected chi connectivity index (χ1v) is 14.1. The molecule has 6 nitrogen and oxygen atoms in total. The number of hydrogen-bond donors (Lipinski definition) is 1. The number of para-hydroxylation sites is 4. The zero-order valence-electron chi connectivity index (χ0n) is 23.7. The smallest absolute Gasteiger partial charge is 0.179 e. The fourth-order valence-corrected chi connectivity index (χ4v) is 5.77. The molecule has 202 valence electrons. The van der Waals surface area contributed by atoms with Crippen LogP contribution in [0.5, 0.6) is 0 Å². The van der Waals surface area contributed by atoms with Crippen LogP contribution < -0.4 is 10.2 Å². The Hall–Kier alpha value is -4.97. The number of fused-ring (bicyclic) bond motifs is 4. The number of benzene rings is 4. The summed E-state index contributed by atoms with van der Waals surface area (Å²) >= 11 is 0. The molecule has 2 aliphatic heterocycles. The standard InChI is InChI=1S/C35H32N6/c1-22(2)25-18-20-26(21-19-25)32-31-24(4)39-41(27-13-6-5-7-14-27)34(31)38-35-33(36-28-15-9-8-12-23(28)3)37-29-16-10-11-17-30(29)40(32)35/h5-22,32H,1-4H3,(H,36,37)/t32-/m1/s1. The van der Waals surface area contributed by atoms with E-state index in [0.29, 0.717) is 11.8 Å². The summed E-state index contributed by atoms with van der Waals surface area (Å²) in [6.07, 6.45) is 0. The topological polar surface area (TPSA) is 57.8 Å². The van der Waals surface area contributed by atoms with Crippen molar-refractivity contribution < 1.29 is 0 Å². The molecule has 0 amide bonds. The van der Waals surface area contributed by atoms with Crippen molar-refractivity contribution in [3.63, 3.8) is 0 Å². The fourth-order valence-electron chi connectivity index (χ4n) is 5.77. The molecule has 6 heteroatoms. The van der Waals surface area contributed by atoms with E-state index in [1.54, 1.807) is 0 Å². The van der Waals surface area contributed by atoms with Gasteiger partial charge in [0, 0.05) is 5.56 Å². The van der Waals surface area contributed by atoms with Gasteiger partial charge in [0.15, 0.2) is 17.5 Å². The van der Waals surface area contributed by atoms with Gasteiger partial charge in [0.1, 0.15) is 0 Å². The molecule has 0 unspecified atom stereocenters. The number of rotatable bonds is 4. The summed E-state index contributed by atoms with van der Waals surface area (Å²) in [6, 6.07) is 35.7. The Morgan fingerprint density at radius 1 is 0.805 bits per heavy atom. The minimum absolute atomic E-state index is 0.138. The number of amidine groups is 2. The summed E-state index contributed by atoms with van der Waals surface area (Å²) in [4.78, 5) is 12.8. The van der Waals surface area contributed by atoms with Crippen molar-refractivity contribution in [2.75, 3.05) is 10.2 Å². The van der Waals surface area contributed by atoms with Gasteiger partial charge in [0.25, 0.3) is 0 Å². The Kier molecular flexibility index (Phi) is 6.04. The highest BCUT2D eigenvalue weighted by atomic mass is 15.4. The van der Waals surface area contributed by atoms with E-state index in [1.807, 2.05) is 41.1 Å². The van der Waals surface area contributed by atoms with Gasteiger partial charge in [-0.05, 0) is 66.8 Å². The number of anilines is 2. The van der Waals surface area contributed by atoms with Gasteiger partial charge in [-0.1, -0.05) is 86.6 Å². The molecule has 3 heterocycles. The minimum Gasteiger partial charge on any atom is -0.335 e. The molecule has 0 aliphatic carbocycles. The van der Waals surface area contributed by atoms with Gasteiger partial charge in [-0.25, -0.2) is 14.7 Å². The van der Waals surface area contributed by atoms with Crippen LogP contribution in [0.25, 0.3) is 5.69 Å². The molecule has 0 fully saturated rings. The number of hydrogen-bond acceptors (Lipinski definition) is 4. The summed E-state index contributed by atoms with van der Waals surface area (Å²) in [5.74, 6) is 2.77. The van der Waals surface area contributed by atoms with Crippen molar-refractivity contribution >= 4 is 34.6 Å². The first-order chi connectivity index (χ1) is 20.0. The maximum absolute atomic E-state index is 5.34. The highest BCUT2D eigenvalue weighted by Gasteiger charge is 2.41. The Balaban J connectivity index is 1.52. The van der Waals surface area contributed by atoms with Crippen molar-refractivity contribution in [2.24, 2.45) is 9.98 Å². The van der Waals surface area contributed by atoms with Gasteiger partial charge in [-0.3, -0.25) is 0 Å². The van der Waals surface area contributed by atoms with Gasteiger partial charge in [0.2, 0.25) is 0 Å². The normalized spacial score (nSPS) is 16.6. The lowest BCUT2D eigenvalue weighted by atomic mass is 9.91. The van der Waals surface area contributed by atoms with E-state index in [1.165, 1.54) is 11.1 Å². The van der Waals surface area contributed by atoms with E-state index in [4.69, 9.17) is 15.1 Å². The molecule has 0 bridgehead atoms. The van der Waals surface area contributed by atoms with Crippen molar-refractivity contribution in [1.29, 1.82) is 0 Å². The highest BCUT2D eigenvalue weighted by Crippen LogP contribution is 2.48. The summed E-state index contributed by atoms with van der Waals surface area (Å²) in [7, 11) is 0. The molecule has 1 aromatic heterocycles. The lowest BCUT2D eigenvalue weighted by Crippen LogP contribution is -2.48. The van der Waals surface area contributed by atoms with E-state index in [2.05, 4.69) is 105 Å². The van der Waals surface area contributed by atoms with Crippen molar-refractivity contribution in [3.05, 3.63) is 131 Å². The van der Waals surface area contributed by atoms with E-state index in [9.17, 15) is 0 Å². The second-order valence-corrected chi connectivity index (χ2v) is 11.0. The molecule has 2 aliphatic rings. The van der Waals surface area contributed by atoms with E-state index in [0.717, 1.165) is 51.2 Å². The van der Waals surface area contributed by atoms with Gasteiger partial charge in [-0.2, -0.15) is 5.10 Å². The van der Waals surface area contributed by atoms with Gasteiger partial charge < -0.3 is 10.2 Å². The lowest BCUT2D eigenvalue weighted by molar-refractivity contribution is 0.811. The third-order valence-electron chi connectivity index (χ3n) is 7.95. The number of nitrogens with one attached hydrogen (secondary N) is 1. The van der Waals surface area contributed by atoms with Crippen LogP contribution in [0.1, 0.15) is 53.8 Å². The van der Waals surface area contributed by atoms with E-state index < -0.39 is 0 Å². The van der Waals surface area contributed by atoms with Crippen LogP contribution in [0.3, 0.4) is 0 Å². The Morgan fingerprint density at radius 3 is 2.27 bits per heavy atom. The maximum Gasteiger partial charge on any atom is 0.179 e. The van der Waals surface area contributed by atoms with Gasteiger partial charge in [0.05, 0.1) is 34.5 Å². The lowest BCUT2D eigenvalue weighted by Gasteiger charge is -2.42. The Labute approximate surface area is 240 Å². The van der Waals surface area contributed by atoms with Crippen LogP contribution in [-0.2, 0) is 0 Å². The third kappa shape index (κ3) is 4.23. The monoisotopic (exact) mass is 536 g/mol. The van der Waals surface area contributed by atoms with Crippen LogP contribution in [0.2, 0.25) is 0 Å². The largest absolute Gasteiger partial charge is 0.335 e. The van der Waals surface area contributed by atoms with E-state index in [-0.39, 0.29) is 6.04 Å².